The van der Waals surface area contributed by atoms with E-state index in [1.807, 2.05) is 53.1 Å². The minimum absolute atomic E-state index is 0.162. The molecule has 0 saturated heterocycles. The molecule has 0 unspecified atom stereocenters. The summed E-state index contributed by atoms with van der Waals surface area (Å²) >= 11 is 0. The molecule has 2 N–H and O–H groups in total. The number of hydrogen-bond acceptors (Lipinski definition) is 3. The molecule has 1 aromatic heterocycles. The van der Waals surface area contributed by atoms with Crippen molar-refractivity contribution < 1.29 is 9.59 Å². The van der Waals surface area contributed by atoms with Gasteiger partial charge in [-0.2, -0.15) is 0 Å². The smallest absolute Gasteiger partial charge is 0.243 e. The lowest BCUT2D eigenvalue weighted by Gasteiger charge is -2.08. The zero-order valence-electron chi connectivity index (χ0n) is 13.6. The quantitative estimate of drug-likeness (QED) is 0.681. The summed E-state index contributed by atoms with van der Waals surface area (Å²) in [5, 5.41) is 5.37. The fraction of sp³-hybridized carbons (Fsp3) is 0.105. The van der Waals surface area contributed by atoms with E-state index in [1.165, 1.54) is 6.08 Å². The molecule has 126 valence electrons. The molecule has 1 heterocycles. The molecule has 6 nitrogen and oxygen atoms in total. The number of rotatable bonds is 6. The maximum absolute atomic E-state index is 11.9. The molecule has 0 bridgehead atoms. The molecule has 25 heavy (non-hydrogen) atoms. The molecule has 6 heteroatoms. The first-order valence-corrected chi connectivity index (χ1v) is 7.90. The molecule has 0 atom stereocenters. The lowest BCUT2D eigenvalue weighted by Crippen LogP contribution is -2.25. The number of hydrogen-bond donors (Lipinski definition) is 2. The third-order valence-corrected chi connectivity index (χ3v) is 3.72. The second-order valence-corrected chi connectivity index (χ2v) is 5.44. The van der Waals surface area contributed by atoms with Crippen LogP contribution >= 0.6 is 0 Å². The molecule has 0 aliphatic rings. The third-order valence-electron chi connectivity index (χ3n) is 3.72. The van der Waals surface area contributed by atoms with E-state index in [1.54, 1.807) is 6.33 Å². The monoisotopic (exact) mass is 334 g/mol. The van der Waals surface area contributed by atoms with Crippen molar-refractivity contribution in [3.05, 3.63) is 67.5 Å². The van der Waals surface area contributed by atoms with E-state index in [4.69, 9.17) is 0 Å². The number of aromatic nitrogens is 2. The van der Waals surface area contributed by atoms with Crippen molar-refractivity contribution >= 4 is 28.5 Å². The molecule has 2 amide bonds. The number of fused-ring (bicyclic) bond motifs is 1. The van der Waals surface area contributed by atoms with Gasteiger partial charge in [-0.05, 0) is 42.5 Å². The molecular weight excluding hydrogens is 316 g/mol. The van der Waals surface area contributed by atoms with Crippen LogP contribution in [0, 0.1) is 0 Å². The molecule has 0 fully saturated rings. The first kappa shape index (κ1) is 16.4. The van der Waals surface area contributed by atoms with Crippen LogP contribution in [0.25, 0.3) is 16.7 Å². The third kappa shape index (κ3) is 3.92. The van der Waals surface area contributed by atoms with Gasteiger partial charge in [0.05, 0.1) is 11.0 Å². The van der Waals surface area contributed by atoms with Crippen molar-refractivity contribution in [3.8, 4) is 5.69 Å². The Labute approximate surface area is 145 Å². The van der Waals surface area contributed by atoms with Gasteiger partial charge in [-0.3, -0.25) is 14.2 Å². The minimum atomic E-state index is -0.287. The van der Waals surface area contributed by atoms with Crippen molar-refractivity contribution in [2.24, 2.45) is 0 Å². The van der Waals surface area contributed by atoms with E-state index >= 15 is 0 Å². The van der Waals surface area contributed by atoms with Gasteiger partial charge >= 0.3 is 0 Å². The van der Waals surface area contributed by atoms with Crippen LogP contribution in [-0.2, 0) is 9.59 Å². The zero-order chi connectivity index (χ0) is 17.6. The number of para-hydroxylation sites is 2. The van der Waals surface area contributed by atoms with Crippen molar-refractivity contribution in [1.82, 2.24) is 14.9 Å². The Hall–Kier alpha value is -3.41. The highest BCUT2D eigenvalue weighted by Gasteiger charge is 2.06. The minimum Gasteiger partial charge on any atom is -0.352 e. The molecule has 0 saturated carbocycles. The lowest BCUT2D eigenvalue weighted by atomic mass is 10.2. The van der Waals surface area contributed by atoms with Crippen LogP contribution in [0.15, 0.2) is 67.5 Å². The van der Waals surface area contributed by atoms with Crippen LogP contribution in [0.3, 0.4) is 0 Å². The van der Waals surface area contributed by atoms with Crippen molar-refractivity contribution in [1.29, 1.82) is 0 Å². The Bertz CT molecular complexity index is 913. The Kier molecular flexibility index (Phi) is 4.89. The normalized spacial score (nSPS) is 10.4. The molecule has 0 aliphatic heterocycles. The van der Waals surface area contributed by atoms with Gasteiger partial charge < -0.3 is 10.6 Å². The Morgan fingerprint density at radius 3 is 2.64 bits per heavy atom. The van der Waals surface area contributed by atoms with Gasteiger partial charge in [-0.25, -0.2) is 4.98 Å². The number of imidazole rings is 1. The molecular formula is C19H18N4O2. The van der Waals surface area contributed by atoms with Crippen LogP contribution < -0.4 is 10.6 Å². The van der Waals surface area contributed by atoms with Crippen LogP contribution in [0.2, 0.25) is 0 Å². The highest BCUT2D eigenvalue weighted by molar-refractivity contribution is 5.92. The first-order chi connectivity index (χ1) is 12.2. The van der Waals surface area contributed by atoms with E-state index in [9.17, 15) is 9.59 Å². The van der Waals surface area contributed by atoms with E-state index in [2.05, 4.69) is 22.2 Å². The first-order valence-electron chi connectivity index (χ1n) is 7.90. The number of anilines is 1. The number of carbonyl (C=O) groups excluding carboxylic acids is 2. The van der Waals surface area contributed by atoms with E-state index < -0.39 is 0 Å². The molecule has 2 aromatic carbocycles. The Morgan fingerprint density at radius 1 is 1.12 bits per heavy atom. The van der Waals surface area contributed by atoms with Gasteiger partial charge in [0.15, 0.2) is 0 Å². The largest absolute Gasteiger partial charge is 0.352 e. The Morgan fingerprint density at radius 2 is 1.88 bits per heavy atom. The van der Waals surface area contributed by atoms with Gasteiger partial charge in [-0.15, -0.1) is 0 Å². The fourth-order valence-corrected chi connectivity index (χ4v) is 2.47. The van der Waals surface area contributed by atoms with Gasteiger partial charge in [0, 0.05) is 24.3 Å². The van der Waals surface area contributed by atoms with Gasteiger partial charge in [0.25, 0.3) is 0 Å². The van der Waals surface area contributed by atoms with Crippen LogP contribution in [0.1, 0.15) is 6.42 Å². The Balaban J connectivity index is 1.63. The zero-order valence-corrected chi connectivity index (χ0v) is 13.6. The summed E-state index contributed by atoms with van der Waals surface area (Å²) in [6, 6.07) is 15.4. The average molecular weight is 334 g/mol. The summed E-state index contributed by atoms with van der Waals surface area (Å²) in [5.41, 5.74) is 3.62. The predicted molar refractivity (Wildman–Crippen MR) is 97.5 cm³/mol. The highest BCUT2D eigenvalue weighted by Crippen LogP contribution is 2.19. The van der Waals surface area contributed by atoms with Crippen LogP contribution in [-0.4, -0.2) is 27.9 Å². The summed E-state index contributed by atoms with van der Waals surface area (Å²) in [5.74, 6) is -0.449. The summed E-state index contributed by atoms with van der Waals surface area (Å²) in [6.07, 6.45) is 3.16. The van der Waals surface area contributed by atoms with E-state index in [0.29, 0.717) is 5.69 Å². The fourth-order valence-electron chi connectivity index (χ4n) is 2.47. The van der Waals surface area contributed by atoms with Crippen molar-refractivity contribution in [3.63, 3.8) is 0 Å². The van der Waals surface area contributed by atoms with E-state index in [-0.39, 0.29) is 24.8 Å². The van der Waals surface area contributed by atoms with Gasteiger partial charge in [0.2, 0.25) is 11.8 Å². The SMILES string of the molecule is C=CC(=O)NCCC(=O)Nc1ccc(-n2cnc3ccccc32)cc1. The topological polar surface area (TPSA) is 76.0 Å². The van der Waals surface area contributed by atoms with Crippen LogP contribution in [0.4, 0.5) is 5.69 Å². The molecule has 0 spiro atoms. The molecule has 0 radical (unpaired) electrons. The van der Waals surface area contributed by atoms with Gasteiger partial charge in [0.1, 0.15) is 6.33 Å². The summed E-state index contributed by atoms with van der Waals surface area (Å²) in [7, 11) is 0. The van der Waals surface area contributed by atoms with E-state index in [0.717, 1.165) is 16.7 Å². The summed E-state index contributed by atoms with van der Waals surface area (Å²) in [6.45, 7) is 3.63. The van der Waals surface area contributed by atoms with Crippen molar-refractivity contribution in [2.75, 3.05) is 11.9 Å². The molecule has 3 aromatic rings. The molecule has 3 rings (SSSR count). The maximum atomic E-state index is 11.9. The number of nitrogens with zero attached hydrogens (tertiary/aromatic N) is 2. The number of carbonyl (C=O) groups is 2. The maximum Gasteiger partial charge on any atom is 0.243 e. The molecule has 0 aliphatic carbocycles. The predicted octanol–water partition coefficient (Wildman–Crippen LogP) is 2.66. The number of nitrogens with one attached hydrogen (secondary N) is 2. The lowest BCUT2D eigenvalue weighted by molar-refractivity contribution is -0.117. The number of amides is 2. The van der Waals surface area contributed by atoms with Crippen LogP contribution in [0.5, 0.6) is 0 Å². The average Bonchev–Trinajstić information content (AvgIpc) is 3.06. The summed E-state index contributed by atoms with van der Waals surface area (Å²) < 4.78 is 1.99. The second kappa shape index (κ2) is 7.44. The van der Waals surface area contributed by atoms with Gasteiger partial charge in [-0.1, -0.05) is 18.7 Å². The second-order valence-electron chi connectivity index (χ2n) is 5.44. The highest BCUT2D eigenvalue weighted by atomic mass is 16.2. The summed E-state index contributed by atoms with van der Waals surface area (Å²) in [4.78, 5) is 27.3. The van der Waals surface area contributed by atoms with Crippen molar-refractivity contribution in [2.45, 2.75) is 6.42 Å². The standard InChI is InChI=1S/C19H18N4O2/c1-2-18(24)20-12-11-19(25)22-14-7-9-15(10-8-14)23-13-21-16-5-3-4-6-17(16)23/h2-10,13H,1,11-12H2,(H,20,24)(H,22,25). The number of benzene rings is 2.